The molecular weight excluding hydrogens is 202 g/mol. The molecule has 1 aromatic carbocycles. The van der Waals surface area contributed by atoms with Gasteiger partial charge in [0.05, 0.1) is 0 Å². The summed E-state index contributed by atoms with van der Waals surface area (Å²) in [4.78, 5) is 0. The molecule has 1 rings (SSSR count). The first-order valence-corrected chi connectivity index (χ1v) is 4.96. The van der Waals surface area contributed by atoms with Crippen LogP contribution in [-0.2, 0) is 12.7 Å². The van der Waals surface area contributed by atoms with Gasteiger partial charge in [0, 0.05) is 0 Å². The van der Waals surface area contributed by atoms with Crippen LogP contribution in [0, 0.1) is 0 Å². The monoisotopic (exact) mass is 206 g/mol. The average molecular weight is 208 g/mol. The van der Waals surface area contributed by atoms with Crippen molar-refractivity contribution < 1.29 is 12.7 Å². The Bertz CT molecular complexity index is 93.9. The fourth-order valence-electron chi connectivity index (χ4n) is 0.385. The first-order valence-electron chi connectivity index (χ1n) is 2.24. The largest absolute Gasteiger partial charge is 0.0623 e. The SMILES string of the molecule is [Cl][Ni][Cl].c1ccccc1. The van der Waals surface area contributed by atoms with Gasteiger partial charge in [-0.15, -0.1) is 0 Å². The molecule has 0 radical (unpaired) electrons. The Morgan fingerprint density at radius 2 is 0.778 bits per heavy atom. The van der Waals surface area contributed by atoms with Gasteiger partial charge < -0.3 is 0 Å². The summed E-state index contributed by atoms with van der Waals surface area (Å²) < 4.78 is 0. The molecule has 0 nitrogen and oxygen atoms in total. The Labute approximate surface area is 69.5 Å². The summed E-state index contributed by atoms with van der Waals surface area (Å²) >= 11 is 0.569. The summed E-state index contributed by atoms with van der Waals surface area (Å²) in [6.45, 7) is 0. The molecule has 0 bridgehead atoms. The van der Waals surface area contributed by atoms with E-state index in [1.54, 1.807) is 0 Å². The van der Waals surface area contributed by atoms with E-state index >= 15 is 0 Å². The molecule has 0 fully saturated rings. The average Bonchev–Trinajstić information content (AvgIpc) is 1.93. The Hall–Kier alpha value is 0.294. The normalized spacial score (nSPS) is 7.78. The van der Waals surface area contributed by atoms with Gasteiger partial charge in [0.2, 0.25) is 0 Å². The molecular formula is C6H6Cl2Ni. The molecule has 54 valence electrons. The van der Waals surface area contributed by atoms with Gasteiger partial charge >= 0.3 is 33.0 Å². The number of benzene rings is 1. The van der Waals surface area contributed by atoms with Crippen molar-refractivity contribution in [3.63, 3.8) is 0 Å². The third kappa shape index (κ3) is 8.29. The van der Waals surface area contributed by atoms with Gasteiger partial charge in [0.25, 0.3) is 0 Å². The van der Waals surface area contributed by atoms with Gasteiger partial charge in [-0.2, -0.15) is 0 Å². The van der Waals surface area contributed by atoms with E-state index in [2.05, 4.69) is 0 Å². The molecule has 0 aliphatic carbocycles. The standard InChI is InChI=1S/C6H6.2ClH.Ni/c1-2-4-6-5-3-1;;;/h1-6H;2*1H;/q;;;+2/p-2. The Morgan fingerprint density at radius 1 is 0.667 bits per heavy atom. The molecule has 9 heavy (non-hydrogen) atoms. The fourth-order valence-corrected chi connectivity index (χ4v) is 0.385. The van der Waals surface area contributed by atoms with E-state index in [1.807, 2.05) is 36.4 Å². The molecule has 0 aliphatic heterocycles. The van der Waals surface area contributed by atoms with Crippen LogP contribution in [0.2, 0.25) is 0 Å². The van der Waals surface area contributed by atoms with Crippen LogP contribution in [0.1, 0.15) is 0 Å². The van der Waals surface area contributed by atoms with Gasteiger partial charge in [0.1, 0.15) is 0 Å². The second-order valence-electron chi connectivity index (χ2n) is 1.20. The number of rotatable bonds is 0. The zero-order chi connectivity index (χ0) is 6.95. The Morgan fingerprint density at radius 3 is 0.889 bits per heavy atom. The van der Waals surface area contributed by atoms with E-state index in [1.165, 1.54) is 0 Å². The van der Waals surface area contributed by atoms with E-state index in [-0.39, 0.29) is 0 Å². The van der Waals surface area contributed by atoms with Crippen LogP contribution in [0.3, 0.4) is 0 Å². The van der Waals surface area contributed by atoms with Crippen molar-refractivity contribution in [2.75, 3.05) is 0 Å². The molecule has 0 atom stereocenters. The third-order valence-corrected chi connectivity index (χ3v) is 0.667. The second kappa shape index (κ2) is 8.29. The smallest absolute Gasteiger partial charge is 0.0623 e. The maximum absolute atomic E-state index is 4.70. The molecule has 0 unspecified atom stereocenters. The molecule has 0 aliphatic rings. The zero-order valence-corrected chi connectivity index (χ0v) is 7.04. The van der Waals surface area contributed by atoms with Crippen LogP contribution < -0.4 is 0 Å². The van der Waals surface area contributed by atoms with Crippen molar-refractivity contribution in [3.05, 3.63) is 36.4 Å². The van der Waals surface area contributed by atoms with E-state index in [9.17, 15) is 0 Å². The minimum atomic E-state index is 0.569. The van der Waals surface area contributed by atoms with E-state index in [0.717, 1.165) is 0 Å². The molecule has 1 aromatic rings. The van der Waals surface area contributed by atoms with Crippen molar-refractivity contribution in [2.45, 2.75) is 0 Å². The molecule has 0 N–H and O–H groups in total. The van der Waals surface area contributed by atoms with Gasteiger partial charge in [-0.3, -0.25) is 0 Å². The summed E-state index contributed by atoms with van der Waals surface area (Å²) in [7, 11) is 9.40. The number of hydrogen-bond donors (Lipinski definition) is 0. The van der Waals surface area contributed by atoms with Crippen molar-refractivity contribution in [1.29, 1.82) is 0 Å². The van der Waals surface area contributed by atoms with E-state index in [4.69, 9.17) is 20.4 Å². The van der Waals surface area contributed by atoms with E-state index in [0.29, 0.717) is 12.7 Å². The van der Waals surface area contributed by atoms with Crippen molar-refractivity contribution in [2.24, 2.45) is 0 Å². The molecule has 0 spiro atoms. The van der Waals surface area contributed by atoms with Gasteiger partial charge in [0.15, 0.2) is 0 Å². The Balaban J connectivity index is 0.000000187. The predicted octanol–water partition coefficient (Wildman–Crippen LogP) is 3.06. The molecule has 0 amide bonds. The summed E-state index contributed by atoms with van der Waals surface area (Å²) in [5.41, 5.74) is 0. The minimum absolute atomic E-state index is 0.569. The number of hydrogen-bond acceptors (Lipinski definition) is 0. The first kappa shape index (κ1) is 9.29. The van der Waals surface area contributed by atoms with Crippen molar-refractivity contribution >= 4 is 20.4 Å². The van der Waals surface area contributed by atoms with Crippen LogP contribution in [-0.4, -0.2) is 0 Å². The Kier molecular flexibility index (Phi) is 8.56. The molecule has 0 heterocycles. The quantitative estimate of drug-likeness (QED) is 0.574. The third-order valence-electron chi connectivity index (χ3n) is 0.667. The van der Waals surface area contributed by atoms with Crippen molar-refractivity contribution in [3.8, 4) is 0 Å². The molecule has 0 saturated heterocycles. The van der Waals surface area contributed by atoms with E-state index < -0.39 is 0 Å². The first-order chi connectivity index (χ1) is 4.41. The van der Waals surface area contributed by atoms with Gasteiger partial charge in [-0.05, 0) is 0 Å². The van der Waals surface area contributed by atoms with Crippen molar-refractivity contribution in [1.82, 2.24) is 0 Å². The summed E-state index contributed by atoms with van der Waals surface area (Å²) in [6, 6.07) is 12.0. The van der Waals surface area contributed by atoms with Crippen LogP contribution in [0.4, 0.5) is 0 Å². The molecule has 3 heteroatoms. The minimum Gasteiger partial charge on any atom is -0.0623 e. The predicted molar refractivity (Wildman–Crippen MR) is 38.1 cm³/mol. The summed E-state index contributed by atoms with van der Waals surface area (Å²) in [6.07, 6.45) is 0. The van der Waals surface area contributed by atoms with Gasteiger partial charge in [-0.25, -0.2) is 0 Å². The summed E-state index contributed by atoms with van der Waals surface area (Å²) in [5.74, 6) is 0. The topological polar surface area (TPSA) is 0 Å². The molecule has 0 aromatic heterocycles. The number of halogens is 2. The summed E-state index contributed by atoms with van der Waals surface area (Å²) in [5, 5.41) is 0. The fraction of sp³-hybridized carbons (Fsp3) is 0. The van der Waals surface area contributed by atoms with Crippen LogP contribution in [0.5, 0.6) is 0 Å². The van der Waals surface area contributed by atoms with Crippen LogP contribution in [0.25, 0.3) is 0 Å². The maximum Gasteiger partial charge on any atom is -0.0623 e. The van der Waals surface area contributed by atoms with Crippen LogP contribution in [0.15, 0.2) is 36.4 Å². The molecule has 0 saturated carbocycles. The zero-order valence-electron chi connectivity index (χ0n) is 4.54. The second-order valence-corrected chi connectivity index (χ2v) is 2.83. The van der Waals surface area contributed by atoms with Gasteiger partial charge in [-0.1, -0.05) is 36.4 Å². The maximum atomic E-state index is 4.70. The van der Waals surface area contributed by atoms with Crippen LogP contribution >= 0.6 is 20.4 Å².